The lowest BCUT2D eigenvalue weighted by Crippen LogP contribution is -2.52. The molecule has 0 aromatic heterocycles. The summed E-state index contributed by atoms with van der Waals surface area (Å²) < 4.78 is 17.1. The van der Waals surface area contributed by atoms with Gasteiger partial charge in [-0.05, 0) is 33.7 Å². The Balaban J connectivity index is 2.59. The van der Waals surface area contributed by atoms with Gasteiger partial charge in [0.25, 0.3) is 0 Å². The fourth-order valence-electron chi connectivity index (χ4n) is 2.11. The van der Waals surface area contributed by atoms with E-state index in [0.29, 0.717) is 0 Å². The molecule has 0 aromatic carbocycles. The summed E-state index contributed by atoms with van der Waals surface area (Å²) in [5.41, 5.74) is -0.274. The number of hydrogen-bond donors (Lipinski definition) is 1. The van der Waals surface area contributed by atoms with Gasteiger partial charge in [0.05, 0.1) is 13.3 Å². The topological polar surface area (TPSA) is 41.6 Å². The molecule has 1 aliphatic heterocycles. The summed E-state index contributed by atoms with van der Waals surface area (Å²) in [4.78, 5) is 13.8. The van der Waals surface area contributed by atoms with Crippen LogP contribution >= 0.6 is 0 Å². The molecule has 4 nitrogen and oxygen atoms in total. The van der Waals surface area contributed by atoms with Crippen molar-refractivity contribution >= 4 is 6.09 Å². The molecule has 1 atom stereocenters. The highest BCUT2D eigenvalue weighted by Crippen LogP contribution is 2.22. The van der Waals surface area contributed by atoms with E-state index in [4.69, 9.17) is 4.74 Å². The van der Waals surface area contributed by atoms with E-state index in [1.165, 1.54) is 0 Å². The van der Waals surface area contributed by atoms with Gasteiger partial charge in [0.1, 0.15) is 0 Å². The van der Waals surface area contributed by atoms with Crippen LogP contribution in [0.3, 0.4) is 0 Å². The van der Waals surface area contributed by atoms with Gasteiger partial charge in [-0.1, -0.05) is 0 Å². The smallest absolute Gasteiger partial charge is 0.410 e. The van der Waals surface area contributed by atoms with Crippen LogP contribution in [0.5, 0.6) is 0 Å². The second-order valence-electron chi connectivity index (χ2n) is 5.34. The summed E-state index contributed by atoms with van der Waals surface area (Å²) in [5, 5.41) is 3.24. The van der Waals surface area contributed by atoms with E-state index in [0.717, 1.165) is 19.5 Å². The predicted octanol–water partition coefficient (Wildman–Crippen LogP) is 1.95. The zero-order chi connectivity index (χ0) is 12.9. The largest absolute Gasteiger partial charge is 0.449 e. The van der Waals surface area contributed by atoms with Gasteiger partial charge < -0.3 is 10.1 Å². The number of amides is 1. The van der Waals surface area contributed by atoms with Gasteiger partial charge in [-0.2, -0.15) is 0 Å². The molecule has 1 rings (SSSR count). The lowest BCUT2D eigenvalue weighted by molar-refractivity contribution is 0.0468. The number of carbonyl (C=O) groups is 1. The van der Waals surface area contributed by atoms with Crippen molar-refractivity contribution in [1.29, 1.82) is 0 Å². The van der Waals surface area contributed by atoms with E-state index in [-0.39, 0.29) is 30.7 Å². The highest BCUT2D eigenvalue weighted by Gasteiger charge is 2.35. The third-order valence-electron chi connectivity index (χ3n) is 2.82. The summed E-state index contributed by atoms with van der Waals surface area (Å²) in [6.07, 6.45) is 0.877. The van der Waals surface area contributed by atoms with Crippen LogP contribution < -0.4 is 5.32 Å². The van der Waals surface area contributed by atoms with Gasteiger partial charge in [0, 0.05) is 24.5 Å². The molecule has 1 N–H and O–H groups in total. The fourth-order valence-corrected chi connectivity index (χ4v) is 2.11. The lowest BCUT2D eigenvalue weighted by Gasteiger charge is -2.39. The predicted molar refractivity (Wildman–Crippen MR) is 64.8 cm³/mol. The Morgan fingerprint density at radius 3 is 2.71 bits per heavy atom. The quantitative estimate of drug-likeness (QED) is 0.771. The molecule has 1 saturated heterocycles. The van der Waals surface area contributed by atoms with Gasteiger partial charge in [0.15, 0.2) is 0 Å². The summed E-state index contributed by atoms with van der Waals surface area (Å²) in [6, 6.07) is 0.174. The number of halogens is 1. The van der Waals surface area contributed by atoms with Gasteiger partial charge in [-0.3, -0.25) is 9.29 Å². The van der Waals surface area contributed by atoms with Crippen LogP contribution in [0.4, 0.5) is 9.18 Å². The Hall–Kier alpha value is -0.840. The molecule has 5 heteroatoms. The van der Waals surface area contributed by atoms with Crippen LogP contribution in [0.15, 0.2) is 0 Å². The van der Waals surface area contributed by atoms with Crippen molar-refractivity contribution < 1.29 is 13.9 Å². The maximum absolute atomic E-state index is 12.0. The maximum atomic E-state index is 12.0. The van der Waals surface area contributed by atoms with Crippen LogP contribution in [0.2, 0.25) is 0 Å². The minimum absolute atomic E-state index is 0.155. The summed E-state index contributed by atoms with van der Waals surface area (Å²) in [7, 11) is 0. The Morgan fingerprint density at radius 2 is 2.24 bits per heavy atom. The highest BCUT2D eigenvalue weighted by atomic mass is 19.1. The Bertz CT molecular complexity index is 247. The van der Waals surface area contributed by atoms with Gasteiger partial charge in [-0.25, -0.2) is 4.79 Å². The standard InChI is InChI=1S/C12H23FN2O2/c1-12(2,3)15(10-5-7-14-9-10)11(16)17-8-4-6-13/h10,14H,4-9H2,1-3H3/t10-/m0/s1. The summed E-state index contributed by atoms with van der Waals surface area (Å²) in [5.74, 6) is 0. The summed E-state index contributed by atoms with van der Waals surface area (Å²) in [6.45, 7) is 7.39. The Kier molecular flexibility index (Phi) is 5.18. The van der Waals surface area contributed by atoms with E-state index in [9.17, 15) is 9.18 Å². The van der Waals surface area contributed by atoms with Crippen molar-refractivity contribution in [1.82, 2.24) is 10.2 Å². The zero-order valence-corrected chi connectivity index (χ0v) is 11.0. The van der Waals surface area contributed by atoms with Crippen LogP contribution in [-0.2, 0) is 4.74 Å². The third kappa shape index (κ3) is 4.15. The molecule has 1 fully saturated rings. The second kappa shape index (κ2) is 6.19. The molecule has 1 heterocycles. The number of hydrogen-bond acceptors (Lipinski definition) is 3. The average Bonchev–Trinajstić information content (AvgIpc) is 2.69. The molecule has 0 aromatic rings. The number of nitrogens with one attached hydrogen (secondary N) is 1. The molecule has 17 heavy (non-hydrogen) atoms. The first kappa shape index (κ1) is 14.2. The van der Waals surface area contributed by atoms with Crippen LogP contribution in [0, 0.1) is 0 Å². The molecule has 0 unspecified atom stereocenters. The molecule has 100 valence electrons. The minimum Gasteiger partial charge on any atom is -0.449 e. The number of ether oxygens (including phenoxy) is 1. The second-order valence-corrected chi connectivity index (χ2v) is 5.34. The Morgan fingerprint density at radius 1 is 1.53 bits per heavy atom. The van der Waals surface area contributed by atoms with Crippen molar-refractivity contribution in [2.45, 2.75) is 45.2 Å². The van der Waals surface area contributed by atoms with Crippen molar-refractivity contribution in [3.8, 4) is 0 Å². The van der Waals surface area contributed by atoms with Crippen LogP contribution in [0.25, 0.3) is 0 Å². The molecule has 0 saturated carbocycles. The van der Waals surface area contributed by atoms with Crippen molar-refractivity contribution in [2.75, 3.05) is 26.4 Å². The molecule has 0 spiro atoms. The fraction of sp³-hybridized carbons (Fsp3) is 0.917. The average molecular weight is 246 g/mol. The van der Waals surface area contributed by atoms with Crippen LogP contribution in [-0.4, -0.2) is 48.9 Å². The van der Waals surface area contributed by atoms with Crippen LogP contribution in [0.1, 0.15) is 33.6 Å². The highest BCUT2D eigenvalue weighted by molar-refractivity contribution is 5.69. The van der Waals surface area contributed by atoms with Gasteiger partial charge in [0.2, 0.25) is 0 Å². The van der Waals surface area contributed by atoms with E-state index in [2.05, 4.69) is 5.32 Å². The monoisotopic (exact) mass is 246 g/mol. The van der Waals surface area contributed by atoms with E-state index >= 15 is 0 Å². The van der Waals surface area contributed by atoms with Gasteiger partial charge in [-0.15, -0.1) is 0 Å². The number of nitrogens with zero attached hydrogens (tertiary/aromatic N) is 1. The van der Waals surface area contributed by atoms with Crippen molar-refractivity contribution in [3.63, 3.8) is 0 Å². The maximum Gasteiger partial charge on any atom is 0.410 e. The van der Waals surface area contributed by atoms with Crippen molar-refractivity contribution in [2.24, 2.45) is 0 Å². The molecule has 0 aliphatic carbocycles. The first-order chi connectivity index (χ1) is 7.96. The molecule has 1 aliphatic rings. The molecular formula is C12H23FN2O2. The summed E-state index contributed by atoms with van der Waals surface area (Å²) >= 11 is 0. The number of alkyl halides is 1. The molecule has 0 bridgehead atoms. The number of carbonyl (C=O) groups excluding carboxylic acids is 1. The molecular weight excluding hydrogens is 223 g/mol. The van der Waals surface area contributed by atoms with Gasteiger partial charge >= 0.3 is 6.09 Å². The zero-order valence-electron chi connectivity index (χ0n) is 11.0. The first-order valence-corrected chi connectivity index (χ1v) is 6.19. The third-order valence-corrected chi connectivity index (χ3v) is 2.82. The SMILES string of the molecule is CC(C)(C)N(C(=O)OCCCF)[C@H]1CCNC1. The molecule has 1 amide bonds. The number of rotatable bonds is 4. The van der Waals surface area contributed by atoms with Crippen molar-refractivity contribution in [3.05, 3.63) is 0 Å². The lowest BCUT2D eigenvalue weighted by atomic mass is 10.0. The normalized spacial score (nSPS) is 20.4. The van der Waals surface area contributed by atoms with E-state index in [1.807, 2.05) is 20.8 Å². The Labute approximate surface area is 102 Å². The minimum atomic E-state index is -0.451. The van der Waals surface area contributed by atoms with E-state index in [1.54, 1.807) is 4.90 Å². The molecule has 0 radical (unpaired) electrons. The first-order valence-electron chi connectivity index (χ1n) is 6.19. The van der Waals surface area contributed by atoms with E-state index < -0.39 is 6.67 Å².